The van der Waals surface area contributed by atoms with Crippen molar-refractivity contribution >= 4 is 17.7 Å². The fraction of sp³-hybridized carbons (Fsp3) is 0.706. The van der Waals surface area contributed by atoms with Crippen LogP contribution in [0.15, 0.2) is 12.2 Å². The molecule has 130 valence electrons. The van der Waals surface area contributed by atoms with Gasteiger partial charge in [0.1, 0.15) is 0 Å². The SMILES string of the molecule is C=C(CC(=O)O)C(=O)OC(CCOCC)C(=O)C1CCCCC1. The molecule has 1 aliphatic carbocycles. The van der Waals surface area contributed by atoms with Crippen molar-refractivity contribution in [3.05, 3.63) is 12.2 Å². The van der Waals surface area contributed by atoms with Crippen molar-refractivity contribution in [2.24, 2.45) is 5.92 Å². The van der Waals surface area contributed by atoms with Gasteiger partial charge < -0.3 is 14.6 Å². The summed E-state index contributed by atoms with van der Waals surface area (Å²) < 4.78 is 10.5. The number of carboxylic acids is 1. The predicted molar refractivity (Wildman–Crippen MR) is 84.0 cm³/mol. The zero-order valence-corrected chi connectivity index (χ0v) is 13.7. The number of carboxylic acid groups (broad SMARTS) is 1. The Labute approximate surface area is 136 Å². The summed E-state index contributed by atoms with van der Waals surface area (Å²) in [4.78, 5) is 35.2. The number of hydrogen-bond donors (Lipinski definition) is 1. The molecule has 0 bridgehead atoms. The fourth-order valence-electron chi connectivity index (χ4n) is 2.71. The Morgan fingerprint density at radius 1 is 1.22 bits per heavy atom. The molecule has 1 aliphatic rings. The van der Waals surface area contributed by atoms with Crippen molar-refractivity contribution in [1.82, 2.24) is 0 Å². The van der Waals surface area contributed by atoms with Crippen LogP contribution in [-0.4, -0.2) is 42.1 Å². The number of aliphatic carboxylic acids is 1. The van der Waals surface area contributed by atoms with Gasteiger partial charge in [-0.3, -0.25) is 9.59 Å². The Balaban J connectivity index is 2.66. The van der Waals surface area contributed by atoms with E-state index in [1.165, 1.54) is 0 Å². The lowest BCUT2D eigenvalue weighted by Gasteiger charge is -2.25. The van der Waals surface area contributed by atoms with Gasteiger partial charge in [-0.25, -0.2) is 4.79 Å². The average molecular weight is 326 g/mol. The van der Waals surface area contributed by atoms with Gasteiger partial charge in [-0.05, 0) is 19.8 Å². The molecule has 0 radical (unpaired) electrons. The minimum atomic E-state index is -1.16. The summed E-state index contributed by atoms with van der Waals surface area (Å²) in [7, 11) is 0. The third-order valence-corrected chi connectivity index (χ3v) is 3.96. The van der Waals surface area contributed by atoms with Crippen LogP contribution < -0.4 is 0 Å². The summed E-state index contributed by atoms with van der Waals surface area (Å²) in [5, 5.41) is 8.70. The van der Waals surface area contributed by atoms with Gasteiger partial charge >= 0.3 is 11.9 Å². The lowest BCUT2D eigenvalue weighted by Crippen LogP contribution is -2.35. The number of carbonyl (C=O) groups is 3. The lowest BCUT2D eigenvalue weighted by atomic mass is 9.84. The molecule has 0 aromatic carbocycles. The summed E-state index contributed by atoms with van der Waals surface area (Å²) in [6, 6.07) is 0. The van der Waals surface area contributed by atoms with E-state index < -0.39 is 24.5 Å². The van der Waals surface area contributed by atoms with E-state index in [-0.39, 0.29) is 23.7 Å². The summed E-state index contributed by atoms with van der Waals surface area (Å²) in [6.07, 6.45) is 3.69. The summed E-state index contributed by atoms with van der Waals surface area (Å²) in [6.45, 7) is 6.10. The Kier molecular flexibility index (Phi) is 8.55. The monoisotopic (exact) mass is 326 g/mol. The van der Waals surface area contributed by atoms with Crippen molar-refractivity contribution in [2.45, 2.75) is 58.0 Å². The Hall–Kier alpha value is -1.69. The van der Waals surface area contributed by atoms with E-state index in [0.717, 1.165) is 32.1 Å². The number of ketones is 1. The van der Waals surface area contributed by atoms with Crippen LogP contribution in [0.5, 0.6) is 0 Å². The maximum atomic E-state index is 12.6. The summed E-state index contributed by atoms with van der Waals surface area (Å²) in [5.41, 5.74) is -0.157. The van der Waals surface area contributed by atoms with Crippen molar-refractivity contribution < 1.29 is 29.0 Å². The van der Waals surface area contributed by atoms with Crippen LogP contribution in [-0.2, 0) is 23.9 Å². The number of Topliss-reactive ketones (excluding diaryl/α,β-unsaturated/α-hetero) is 1. The van der Waals surface area contributed by atoms with E-state index in [1.807, 2.05) is 6.92 Å². The maximum Gasteiger partial charge on any atom is 0.334 e. The molecule has 0 heterocycles. The normalized spacial score (nSPS) is 16.6. The first-order valence-corrected chi connectivity index (χ1v) is 8.17. The highest BCUT2D eigenvalue weighted by atomic mass is 16.5. The minimum Gasteiger partial charge on any atom is -0.481 e. The van der Waals surface area contributed by atoms with Gasteiger partial charge in [0.05, 0.1) is 13.0 Å². The first-order valence-electron chi connectivity index (χ1n) is 8.17. The molecule has 6 heteroatoms. The molecular weight excluding hydrogens is 300 g/mol. The molecule has 0 aromatic heterocycles. The molecule has 0 saturated heterocycles. The van der Waals surface area contributed by atoms with Crippen LogP contribution in [0.1, 0.15) is 51.9 Å². The topological polar surface area (TPSA) is 89.9 Å². The van der Waals surface area contributed by atoms with E-state index >= 15 is 0 Å². The van der Waals surface area contributed by atoms with E-state index in [9.17, 15) is 14.4 Å². The predicted octanol–water partition coefficient (Wildman–Crippen LogP) is 2.51. The van der Waals surface area contributed by atoms with Gasteiger partial charge in [0, 0.05) is 24.5 Å². The molecule has 23 heavy (non-hydrogen) atoms. The van der Waals surface area contributed by atoms with Crippen LogP contribution in [0.3, 0.4) is 0 Å². The smallest absolute Gasteiger partial charge is 0.334 e. The van der Waals surface area contributed by atoms with Crippen LogP contribution in [0.25, 0.3) is 0 Å². The summed E-state index contributed by atoms with van der Waals surface area (Å²) >= 11 is 0. The Morgan fingerprint density at radius 3 is 2.43 bits per heavy atom. The number of rotatable bonds is 10. The molecular formula is C17H26O6. The largest absolute Gasteiger partial charge is 0.481 e. The zero-order valence-electron chi connectivity index (χ0n) is 13.7. The average Bonchev–Trinajstić information content (AvgIpc) is 2.53. The van der Waals surface area contributed by atoms with E-state index in [4.69, 9.17) is 14.6 Å². The highest BCUT2D eigenvalue weighted by molar-refractivity contribution is 5.95. The molecule has 1 unspecified atom stereocenters. The maximum absolute atomic E-state index is 12.6. The molecule has 0 aromatic rings. The van der Waals surface area contributed by atoms with Gasteiger partial charge in [0.15, 0.2) is 11.9 Å². The van der Waals surface area contributed by atoms with Crippen LogP contribution in [0.4, 0.5) is 0 Å². The van der Waals surface area contributed by atoms with E-state index in [1.54, 1.807) is 0 Å². The molecule has 1 rings (SSSR count). The van der Waals surface area contributed by atoms with Crippen LogP contribution in [0, 0.1) is 5.92 Å². The van der Waals surface area contributed by atoms with Crippen molar-refractivity contribution in [2.75, 3.05) is 13.2 Å². The second-order valence-corrected chi connectivity index (χ2v) is 5.79. The van der Waals surface area contributed by atoms with Crippen molar-refractivity contribution in [3.63, 3.8) is 0 Å². The van der Waals surface area contributed by atoms with Gasteiger partial charge in [0.25, 0.3) is 0 Å². The number of carbonyl (C=O) groups excluding carboxylic acids is 2. The molecule has 1 atom stereocenters. The van der Waals surface area contributed by atoms with Gasteiger partial charge in [-0.1, -0.05) is 25.8 Å². The Morgan fingerprint density at radius 2 is 1.87 bits per heavy atom. The zero-order chi connectivity index (χ0) is 17.2. The molecule has 1 saturated carbocycles. The van der Waals surface area contributed by atoms with Crippen LogP contribution >= 0.6 is 0 Å². The fourth-order valence-corrected chi connectivity index (χ4v) is 2.71. The number of ether oxygens (including phenoxy) is 2. The molecule has 6 nitrogen and oxygen atoms in total. The number of esters is 1. The first kappa shape index (κ1) is 19.4. The molecule has 0 aliphatic heterocycles. The quantitative estimate of drug-likeness (QED) is 0.377. The molecule has 1 fully saturated rings. The van der Waals surface area contributed by atoms with Crippen molar-refractivity contribution in [1.29, 1.82) is 0 Å². The van der Waals surface area contributed by atoms with E-state index in [2.05, 4.69) is 6.58 Å². The molecule has 1 N–H and O–H groups in total. The first-order chi connectivity index (χ1) is 11.0. The lowest BCUT2D eigenvalue weighted by molar-refractivity contribution is -0.155. The van der Waals surface area contributed by atoms with Crippen molar-refractivity contribution in [3.8, 4) is 0 Å². The van der Waals surface area contributed by atoms with E-state index in [0.29, 0.717) is 13.2 Å². The standard InChI is InChI=1S/C17H26O6/c1-3-22-10-9-14(16(20)13-7-5-4-6-8-13)23-17(21)12(2)11-15(18)19/h13-14H,2-11H2,1H3,(H,18,19). The summed E-state index contributed by atoms with van der Waals surface area (Å²) in [5.74, 6) is -2.15. The highest BCUT2D eigenvalue weighted by Crippen LogP contribution is 2.27. The molecule has 0 amide bonds. The van der Waals surface area contributed by atoms with Gasteiger partial charge in [-0.2, -0.15) is 0 Å². The highest BCUT2D eigenvalue weighted by Gasteiger charge is 2.31. The van der Waals surface area contributed by atoms with Gasteiger partial charge in [-0.15, -0.1) is 0 Å². The third-order valence-electron chi connectivity index (χ3n) is 3.96. The van der Waals surface area contributed by atoms with Crippen LogP contribution in [0.2, 0.25) is 0 Å². The second kappa shape index (κ2) is 10.2. The minimum absolute atomic E-state index is 0.0825. The van der Waals surface area contributed by atoms with Gasteiger partial charge in [0.2, 0.25) is 0 Å². The number of hydrogen-bond acceptors (Lipinski definition) is 5. The molecule has 0 spiro atoms. The second-order valence-electron chi connectivity index (χ2n) is 5.79. The Bertz CT molecular complexity index is 436. The third kappa shape index (κ3) is 6.95.